The van der Waals surface area contributed by atoms with Crippen molar-refractivity contribution in [2.45, 2.75) is 19.8 Å². The van der Waals surface area contributed by atoms with E-state index in [4.69, 9.17) is 17.0 Å². The Hall–Kier alpha value is -3.91. The molecule has 0 saturated carbocycles. The Morgan fingerprint density at radius 1 is 0.892 bits per heavy atom. The Labute approximate surface area is 223 Å². The summed E-state index contributed by atoms with van der Waals surface area (Å²) in [5.41, 5.74) is 3.07. The second-order valence-corrected chi connectivity index (χ2v) is 9.24. The van der Waals surface area contributed by atoms with Crippen molar-refractivity contribution in [3.05, 3.63) is 90.0 Å². The maximum absolute atomic E-state index is 12.7. The van der Waals surface area contributed by atoms with E-state index >= 15 is 0 Å². The number of rotatable bonds is 8. The zero-order valence-corrected chi connectivity index (χ0v) is 21.8. The highest BCUT2D eigenvalue weighted by Crippen LogP contribution is 2.20. The largest absolute Gasteiger partial charge is 0.494 e. The minimum Gasteiger partial charge on any atom is -0.494 e. The van der Waals surface area contributed by atoms with E-state index < -0.39 is 0 Å². The lowest BCUT2D eigenvalue weighted by molar-refractivity contribution is 0.0746. The number of hydrogen-bond donors (Lipinski definition) is 2. The molecule has 0 unspecified atom stereocenters. The quantitative estimate of drug-likeness (QED) is 0.326. The Bertz CT molecular complexity index is 1210. The van der Waals surface area contributed by atoms with Gasteiger partial charge in [0.15, 0.2) is 5.11 Å². The maximum atomic E-state index is 12.7. The highest BCUT2D eigenvalue weighted by molar-refractivity contribution is 7.80. The summed E-state index contributed by atoms with van der Waals surface area (Å²) in [4.78, 5) is 29.5. The summed E-state index contributed by atoms with van der Waals surface area (Å²) >= 11 is 5.34. The molecule has 3 aromatic rings. The van der Waals surface area contributed by atoms with E-state index in [1.807, 2.05) is 65.6 Å². The molecule has 1 saturated heterocycles. The molecule has 192 valence electrons. The molecule has 0 bridgehead atoms. The van der Waals surface area contributed by atoms with Crippen LogP contribution in [0.4, 0.5) is 11.4 Å². The average Bonchev–Trinajstić information content (AvgIpc) is 2.94. The first kappa shape index (κ1) is 26.2. The summed E-state index contributed by atoms with van der Waals surface area (Å²) < 4.78 is 5.69. The molecule has 4 rings (SSSR count). The summed E-state index contributed by atoms with van der Waals surface area (Å²) in [6.07, 6.45) is 2.01. The van der Waals surface area contributed by atoms with Crippen molar-refractivity contribution in [2.75, 3.05) is 43.0 Å². The smallest absolute Gasteiger partial charge is 0.257 e. The molecule has 2 N–H and O–H groups in total. The number of ether oxygens (including phenoxy) is 1. The fraction of sp³-hybridized carbons (Fsp3) is 0.276. The number of piperazine rings is 1. The van der Waals surface area contributed by atoms with Crippen LogP contribution in [-0.4, -0.2) is 54.6 Å². The van der Waals surface area contributed by atoms with Crippen LogP contribution in [-0.2, 0) is 0 Å². The topological polar surface area (TPSA) is 73.9 Å². The van der Waals surface area contributed by atoms with Crippen LogP contribution in [0.2, 0.25) is 0 Å². The SMILES string of the molecule is CCCCOc1cccc(C(=O)NC(=S)Nc2ccc(N3CCN(C(=O)c4ccccc4)CC3)cc2)c1. The molecule has 7 nitrogen and oxygen atoms in total. The molecule has 1 aliphatic heterocycles. The van der Waals surface area contributed by atoms with Crippen LogP contribution < -0.4 is 20.3 Å². The van der Waals surface area contributed by atoms with Crippen molar-refractivity contribution in [1.29, 1.82) is 0 Å². The molecule has 1 heterocycles. The Kier molecular flexibility index (Phi) is 9.10. The van der Waals surface area contributed by atoms with Gasteiger partial charge in [-0.05, 0) is 73.2 Å². The maximum Gasteiger partial charge on any atom is 0.257 e. The van der Waals surface area contributed by atoms with E-state index in [0.717, 1.165) is 42.9 Å². The molecule has 1 fully saturated rings. The summed E-state index contributed by atoms with van der Waals surface area (Å²) in [7, 11) is 0. The number of nitrogens with one attached hydrogen (secondary N) is 2. The van der Waals surface area contributed by atoms with E-state index in [1.165, 1.54) is 0 Å². The van der Waals surface area contributed by atoms with Crippen molar-refractivity contribution < 1.29 is 14.3 Å². The zero-order valence-electron chi connectivity index (χ0n) is 21.0. The highest BCUT2D eigenvalue weighted by Gasteiger charge is 2.22. The molecule has 0 radical (unpaired) electrons. The predicted molar refractivity (Wildman–Crippen MR) is 152 cm³/mol. The van der Waals surface area contributed by atoms with Gasteiger partial charge in [0.05, 0.1) is 6.61 Å². The summed E-state index contributed by atoms with van der Waals surface area (Å²) in [6.45, 7) is 5.61. The lowest BCUT2D eigenvalue weighted by Gasteiger charge is -2.36. The van der Waals surface area contributed by atoms with Gasteiger partial charge >= 0.3 is 0 Å². The third kappa shape index (κ3) is 7.30. The fourth-order valence-corrected chi connectivity index (χ4v) is 4.30. The molecular weight excluding hydrogens is 484 g/mol. The summed E-state index contributed by atoms with van der Waals surface area (Å²) in [5.74, 6) is 0.449. The van der Waals surface area contributed by atoms with E-state index in [1.54, 1.807) is 18.2 Å². The second-order valence-electron chi connectivity index (χ2n) is 8.83. The van der Waals surface area contributed by atoms with Crippen molar-refractivity contribution in [2.24, 2.45) is 0 Å². The van der Waals surface area contributed by atoms with Crippen LogP contribution in [0.5, 0.6) is 5.75 Å². The van der Waals surface area contributed by atoms with Gasteiger partial charge < -0.3 is 19.9 Å². The first-order chi connectivity index (χ1) is 18.0. The van der Waals surface area contributed by atoms with Crippen LogP contribution in [0.1, 0.15) is 40.5 Å². The second kappa shape index (κ2) is 12.9. The molecule has 0 aliphatic carbocycles. The van der Waals surface area contributed by atoms with Gasteiger partial charge in [-0.3, -0.25) is 14.9 Å². The number of benzene rings is 3. The molecule has 0 spiro atoms. The highest BCUT2D eigenvalue weighted by atomic mass is 32.1. The monoisotopic (exact) mass is 516 g/mol. The van der Waals surface area contributed by atoms with Crippen LogP contribution in [0.25, 0.3) is 0 Å². The lowest BCUT2D eigenvalue weighted by atomic mass is 10.1. The number of amides is 2. The molecule has 0 aromatic heterocycles. The van der Waals surface area contributed by atoms with Gasteiger partial charge in [-0.25, -0.2) is 0 Å². The van der Waals surface area contributed by atoms with Gasteiger partial charge in [-0.15, -0.1) is 0 Å². The van der Waals surface area contributed by atoms with Crippen LogP contribution in [0, 0.1) is 0 Å². The fourth-order valence-electron chi connectivity index (χ4n) is 4.09. The Morgan fingerprint density at radius 2 is 1.59 bits per heavy atom. The van der Waals surface area contributed by atoms with Crippen LogP contribution in [0.15, 0.2) is 78.9 Å². The minimum atomic E-state index is -0.294. The molecular formula is C29H32N4O3S. The number of hydrogen-bond acceptors (Lipinski definition) is 5. The van der Waals surface area contributed by atoms with Gasteiger partial charge in [0.2, 0.25) is 0 Å². The van der Waals surface area contributed by atoms with Crippen molar-refractivity contribution in [1.82, 2.24) is 10.2 Å². The van der Waals surface area contributed by atoms with Crippen LogP contribution in [0.3, 0.4) is 0 Å². The third-order valence-electron chi connectivity index (χ3n) is 6.17. The number of carbonyl (C=O) groups is 2. The molecule has 2 amide bonds. The van der Waals surface area contributed by atoms with Gasteiger partial charge in [0, 0.05) is 48.7 Å². The minimum absolute atomic E-state index is 0.0751. The molecule has 3 aromatic carbocycles. The molecule has 1 aliphatic rings. The first-order valence-corrected chi connectivity index (χ1v) is 13.0. The number of unbranched alkanes of at least 4 members (excludes halogenated alkanes) is 1. The third-order valence-corrected chi connectivity index (χ3v) is 6.37. The molecule has 37 heavy (non-hydrogen) atoms. The van der Waals surface area contributed by atoms with Crippen molar-refractivity contribution in [3.63, 3.8) is 0 Å². The van der Waals surface area contributed by atoms with Crippen molar-refractivity contribution >= 4 is 40.5 Å². The number of carbonyl (C=O) groups excluding carboxylic acids is 2. The zero-order chi connectivity index (χ0) is 26.0. The van der Waals surface area contributed by atoms with E-state index in [9.17, 15) is 9.59 Å². The lowest BCUT2D eigenvalue weighted by Crippen LogP contribution is -2.48. The molecule has 8 heteroatoms. The van der Waals surface area contributed by atoms with E-state index in [0.29, 0.717) is 31.0 Å². The summed E-state index contributed by atoms with van der Waals surface area (Å²) in [5, 5.41) is 6.02. The van der Waals surface area contributed by atoms with E-state index in [2.05, 4.69) is 22.5 Å². The predicted octanol–water partition coefficient (Wildman–Crippen LogP) is 4.95. The summed E-state index contributed by atoms with van der Waals surface area (Å²) in [6, 6.07) is 24.4. The Balaban J connectivity index is 1.25. The van der Waals surface area contributed by atoms with Gasteiger partial charge in [-0.1, -0.05) is 37.6 Å². The number of thiocarbonyl (C=S) groups is 1. The van der Waals surface area contributed by atoms with Gasteiger partial charge in [-0.2, -0.15) is 0 Å². The van der Waals surface area contributed by atoms with Gasteiger partial charge in [0.25, 0.3) is 11.8 Å². The standard InChI is InChI=1S/C29H32N4O3S/c1-2-3-20-36-26-11-7-10-23(21-26)27(34)31-29(37)30-24-12-14-25(15-13-24)32-16-18-33(19-17-32)28(35)22-8-5-4-6-9-22/h4-15,21H,2-3,16-20H2,1H3,(H2,30,31,34,37). The van der Waals surface area contributed by atoms with E-state index in [-0.39, 0.29) is 16.9 Å². The Morgan fingerprint density at radius 3 is 2.30 bits per heavy atom. The van der Waals surface area contributed by atoms with Crippen LogP contribution >= 0.6 is 12.2 Å². The van der Waals surface area contributed by atoms with Gasteiger partial charge in [0.1, 0.15) is 5.75 Å². The molecule has 0 atom stereocenters. The normalized spacial score (nSPS) is 13.1. The number of anilines is 2. The van der Waals surface area contributed by atoms with Crippen molar-refractivity contribution in [3.8, 4) is 5.75 Å². The average molecular weight is 517 g/mol. The first-order valence-electron chi connectivity index (χ1n) is 12.6. The number of nitrogens with zero attached hydrogens (tertiary/aromatic N) is 2.